The largest absolute Gasteiger partial charge is 0.493 e. The summed E-state index contributed by atoms with van der Waals surface area (Å²) in [6.07, 6.45) is 2.10. The third-order valence-corrected chi connectivity index (χ3v) is 3.12. The molecule has 1 aliphatic rings. The van der Waals surface area contributed by atoms with Gasteiger partial charge in [0.2, 0.25) is 0 Å². The quantitative estimate of drug-likeness (QED) is 0.775. The van der Waals surface area contributed by atoms with Crippen LogP contribution in [0.2, 0.25) is 0 Å². The highest BCUT2D eigenvalue weighted by molar-refractivity contribution is 5.77. The standard InChI is InChI=1S/C14H20N2O3/c1-3-4-7-19-13-8-10(5-6-12(13)18-2)11-9-15-14(17)16-11/h5-6,8,11H,3-4,7,9H2,1-2H3,(H2,15,16,17). The molecule has 19 heavy (non-hydrogen) atoms. The summed E-state index contributed by atoms with van der Waals surface area (Å²) in [6, 6.07) is 5.62. The first kappa shape index (κ1) is 13.5. The minimum Gasteiger partial charge on any atom is -0.493 e. The summed E-state index contributed by atoms with van der Waals surface area (Å²) < 4.78 is 11.0. The number of ether oxygens (including phenoxy) is 2. The molecule has 0 bridgehead atoms. The van der Waals surface area contributed by atoms with Crippen LogP contribution in [-0.4, -0.2) is 26.3 Å². The molecule has 2 rings (SSSR count). The molecule has 5 nitrogen and oxygen atoms in total. The van der Waals surface area contributed by atoms with Gasteiger partial charge in [0.05, 0.1) is 19.8 Å². The van der Waals surface area contributed by atoms with Crippen molar-refractivity contribution in [1.82, 2.24) is 10.6 Å². The van der Waals surface area contributed by atoms with Crippen molar-refractivity contribution in [3.8, 4) is 11.5 Å². The fourth-order valence-electron chi connectivity index (χ4n) is 2.01. The molecule has 0 saturated carbocycles. The van der Waals surface area contributed by atoms with Gasteiger partial charge in [-0.2, -0.15) is 0 Å². The van der Waals surface area contributed by atoms with E-state index in [1.165, 1.54) is 0 Å². The van der Waals surface area contributed by atoms with Gasteiger partial charge in [-0.1, -0.05) is 19.4 Å². The third kappa shape index (κ3) is 3.30. The number of urea groups is 1. The summed E-state index contributed by atoms with van der Waals surface area (Å²) in [5.41, 5.74) is 1.02. The number of hydrogen-bond donors (Lipinski definition) is 2. The second kappa shape index (κ2) is 6.31. The van der Waals surface area contributed by atoms with E-state index < -0.39 is 0 Å². The van der Waals surface area contributed by atoms with Gasteiger partial charge in [-0.05, 0) is 24.1 Å². The molecule has 1 aliphatic heterocycles. The number of rotatable bonds is 6. The van der Waals surface area contributed by atoms with Crippen LogP contribution in [0.1, 0.15) is 31.4 Å². The molecule has 0 aliphatic carbocycles. The van der Waals surface area contributed by atoms with Gasteiger partial charge in [-0.15, -0.1) is 0 Å². The van der Waals surface area contributed by atoms with E-state index in [0.29, 0.717) is 13.2 Å². The van der Waals surface area contributed by atoms with Gasteiger partial charge in [0, 0.05) is 6.54 Å². The molecule has 1 fully saturated rings. The van der Waals surface area contributed by atoms with E-state index in [1.54, 1.807) is 7.11 Å². The molecule has 0 aromatic heterocycles. The molecule has 5 heteroatoms. The van der Waals surface area contributed by atoms with Gasteiger partial charge in [0.25, 0.3) is 0 Å². The SMILES string of the molecule is CCCCOc1cc(C2CNC(=O)N2)ccc1OC. The van der Waals surface area contributed by atoms with Crippen LogP contribution in [0.3, 0.4) is 0 Å². The first-order valence-corrected chi connectivity index (χ1v) is 6.59. The number of carbonyl (C=O) groups excluding carboxylic acids is 1. The topological polar surface area (TPSA) is 59.6 Å². The lowest BCUT2D eigenvalue weighted by Crippen LogP contribution is -2.21. The maximum atomic E-state index is 11.2. The first-order valence-electron chi connectivity index (χ1n) is 6.59. The van der Waals surface area contributed by atoms with Crippen molar-refractivity contribution in [1.29, 1.82) is 0 Å². The Bertz CT molecular complexity index is 448. The summed E-state index contributed by atoms with van der Waals surface area (Å²) in [4.78, 5) is 11.2. The molecule has 1 unspecified atom stereocenters. The predicted molar refractivity (Wildman–Crippen MR) is 72.7 cm³/mol. The average Bonchev–Trinajstić information content (AvgIpc) is 2.85. The van der Waals surface area contributed by atoms with Gasteiger partial charge < -0.3 is 20.1 Å². The summed E-state index contributed by atoms with van der Waals surface area (Å²) in [5, 5.41) is 5.60. The van der Waals surface area contributed by atoms with Crippen molar-refractivity contribution in [2.45, 2.75) is 25.8 Å². The predicted octanol–water partition coefficient (Wildman–Crippen LogP) is 2.23. The van der Waals surface area contributed by atoms with E-state index in [-0.39, 0.29) is 12.1 Å². The van der Waals surface area contributed by atoms with E-state index in [4.69, 9.17) is 9.47 Å². The second-order valence-corrected chi connectivity index (χ2v) is 4.52. The highest BCUT2D eigenvalue weighted by Crippen LogP contribution is 2.31. The van der Waals surface area contributed by atoms with E-state index in [2.05, 4.69) is 17.6 Å². The van der Waals surface area contributed by atoms with Crippen LogP contribution >= 0.6 is 0 Å². The highest BCUT2D eigenvalue weighted by Gasteiger charge is 2.22. The van der Waals surface area contributed by atoms with Gasteiger partial charge in [0.1, 0.15) is 0 Å². The zero-order valence-corrected chi connectivity index (χ0v) is 11.4. The number of carbonyl (C=O) groups is 1. The van der Waals surface area contributed by atoms with Crippen LogP contribution in [0.25, 0.3) is 0 Å². The Hall–Kier alpha value is -1.91. The molecule has 1 heterocycles. The molecule has 2 N–H and O–H groups in total. The monoisotopic (exact) mass is 264 g/mol. The van der Waals surface area contributed by atoms with E-state index in [1.807, 2.05) is 18.2 Å². The normalized spacial score (nSPS) is 17.8. The van der Waals surface area contributed by atoms with Crippen molar-refractivity contribution in [3.63, 3.8) is 0 Å². The molecule has 1 atom stereocenters. The lowest BCUT2D eigenvalue weighted by atomic mass is 10.1. The van der Waals surface area contributed by atoms with Crippen LogP contribution in [0.5, 0.6) is 11.5 Å². The van der Waals surface area contributed by atoms with E-state index >= 15 is 0 Å². The zero-order chi connectivity index (χ0) is 13.7. The third-order valence-electron chi connectivity index (χ3n) is 3.12. The molecular formula is C14H20N2O3. The van der Waals surface area contributed by atoms with Crippen LogP contribution in [0.4, 0.5) is 4.79 Å². The average molecular weight is 264 g/mol. The number of benzene rings is 1. The van der Waals surface area contributed by atoms with Gasteiger partial charge in [0.15, 0.2) is 11.5 Å². The first-order chi connectivity index (χ1) is 9.24. The van der Waals surface area contributed by atoms with Crippen molar-refractivity contribution < 1.29 is 14.3 Å². The Kier molecular flexibility index (Phi) is 4.49. The molecule has 1 aromatic rings. The van der Waals surface area contributed by atoms with Crippen LogP contribution in [0.15, 0.2) is 18.2 Å². The Balaban J connectivity index is 2.12. The van der Waals surface area contributed by atoms with Crippen molar-refractivity contribution in [2.24, 2.45) is 0 Å². The van der Waals surface area contributed by atoms with Crippen molar-refractivity contribution in [2.75, 3.05) is 20.3 Å². The zero-order valence-electron chi connectivity index (χ0n) is 11.4. The minimum absolute atomic E-state index is 0.00747. The summed E-state index contributed by atoms with van der Waals surface area (Å²) in [7, 11) is 1.63. The summed E-state index contributed by atoms with van der Waals surface area (Å²) >= 11 is 0. The number of methoxy groups -OCH3 is 1. The minimum atomic E-state index is -0.130. The molecule has 1 aromatic carbocycles. The van der Waals surface area contributed by atoms with Crippen LogP contribution in [-0.2, 0) is 0 Å². The highest BCUT2D eigenvalue weighted by atomic mass is 16.5. The van der Waals surface area contributed by atoms with Gasteiger partial charge >= 0.3 is 6.03 Å². The Morgan fingerprint density at radius 3 is 2.84 bits per heavy atom. The van der Waals surface area contributed by atoms with Gasteiger partial charge in [-0.3, -0.25) is 0 Å². The molecule has 1 saturated heterocycles. The van der Waals surface area contributed by atoms with Crippen molar-refractivity contribution >= 4 is 6.03 Å². The number of amides is 2. The van der Waals surface area contributed by atoms with E-state index in [0.717, 1.165) is 29.9 Å². The number of unbranched alkanes of at least 4 members (excludes halogenated alkanes) is 1. The maximum absolute atomic E-state index is 11.2. The molecule has 104 valence electrons. The van der Waals surface area contributed by atoms with E-state index in [9.17, 15) is 4.79 Å². The summed E-state index contributed by atoms with van der Waals surface area (Å²) in [5.74, 6) is 1.45. The lowest BCUT2D eigenvalue weighted by molar-refractivity contribution is 0.247. The lowest BCUT2D eigenvalue weighted by Gasteiger charge is -2.14. The van der Waals surface area contributed by atoms with Gasteiger partial charge in [-0.25, -0.2) is 4.79 Å². The summed E-state index contributed by atoms with van der Waals surface area (Å²) in [6.45, 7) is 3.39. The molecule has 0 radical (unpaired) electrons. The Morgan fingerprint density at radius 2 is 2.21 bits per heavy atom. The van der Waals surface area contributed by atoms with Crippen molar-refractivity contribution in [3.05, 3.63) is 23.8 Å². The number of hydrogen-bond acceptors (Lipinski definition) is 3. The molecular weight excluding hydrogens is 244 g/mol. The Labute approximate surface area is 113 Å². The molecule has 0 spiro atoms. The Morgan fingerprint density at radius 1 is 1.37 bits per heavy atom. The fraction of sp³-hybridized carbons (Fsp3) is 0.500. The fourth-order valence-corrected chi connectivity index (χ4v) is 2.01. The van der Waals surface area contributed by atoms with Crippen LogP contribution in [0, 0.1) is 0 Å². The maximum Gasteiger partial charge on any atom is 0.315 e. The molecule has 2 amide bonds. The number of nitrogens with one attached hydrogen (secondary N) is 2. The smallest absolute Gasteiger partial charge is 0.315 e. The second-order valence-electron chi connectivity index (χ2n) is 4.52. The van der Waals surface area contributed by atoms with Crippen LogP contribution < -0.4 is 20.1 Å².